The summed E-state index contributed by atoms with van der Waals surface area (Å²) >= 11 is 0. The summed E-state index contributed by atoms with van der Waals surface area (Å²) < 4.78 is 5.36. The summed E-state index contributed by atoms with van der Waals surface area (Å²) in [5, 5.41) is 0. The molecule has 0 N–H and O–H groups in total. The van der Waals surface area contributed by atoms with Crippen molar-refractivity contribution in [3.8, 4) is 5.75 Å². The van der Waals surface area contributed by atoms with E-state index in [1.807, 2.05) is 11.8 Å². The number of ether oxygens (including phenoxy) is 1. The van der Waals surface area contributed by atoms with Gasteiger partial charge in [0.1, 0.15) is 5.75 Å². The predicted octanol–water partition coefficient (Wildman–Crippen LogP) is 3.45. The monoisotopic (exact) mass is 303 g/mol. The average molecular weight is 303 g/mol. The largest absolute Gasteiger partial charge is 0.494 e. The first-order valence-corrected chi connectivity index (χ1v) is 8.17. The van der Waals surface area contributed by atoms with Crippen LogP contribution < -0.4 is 4.74 Å². The van der Waals surface area contributed by atoms with E-state index in [4.69, 9.17) is 4.74 Å². The molecule has 1 heterocycles. The van der Waals surface area contributed by atoms with Gasteiger partial charge in [0.15, 0.2) is 5.78 Å². The lowest BCUT2D eigenvalue weighted by Gasteiger charge is -2.33. The number of Topliss-reactive ketones (excluding diaryl/α,β-unsaturated/α-hetero) is 1. The van der Waals surface area contributed by atoms with Gasteiger partial charge in [-0.1, -0.05) is 0 Å². The first-order chi connectivity index (χ1) is 10.6. The van der Waals surface area contributed by atoms with Gasteiger partial charge in [0.25, 0.3) is 0 Å². The lowest BCUT2D eigenvalue weighted by Crippen LogP contribution is -2.42. The molecule has 0 spiro atoms. The van der Waals surface area contributed by atoms with Gasteiger partial charge in [0.2, 0.25) is 5.91 Å². The second kappa shape index (κ2) is 7.97. The van der Waals surface area contributed by atoms with Crippen molar-refractivity contribution in [3.63, 3.8) is 0 Å². The molecule has 0 aromatic heterocycles. The molecule has 0 radical (unpaired) electrons. The summed E-state index contributed by atoms with van der Waals surface area (Å²) in [4.78, 5) is 26.3. The first-order valence-electron chi connectivity index (χ1n) is 8.17. The third-order valence-corrected chi connectivity index (χ3v) is 4.18. The average Bonchev–Trinajstić information content (AvgIpc) is 2.54. The van der Waals surface area contributed by atoms with Gasteiger partial charge in [-0.2, -0.15) is 0 Å². The maximum Gasteiger partial charge on any atom is 0.223 e. The highest BCUT2D eigenvalue weighted by Gasteiger charge is 2.23. The zero-order chi connectivity index (χ0) is 15.9. The molecule has 0 bridgehead atoms. The summed E-state index contributed by atoms with van der Waals surface area (Å²) in [6, 6.07) is 7.43. The number of carbonyl (C=O) groups excluding carboxylic acids is 2. The van der Waals surface area contributed by atoms with Crippen molar-refractivity contribution in [3.05, 3.63) is 29.8 Å². The van der Waals surface area contributed by atoms with Crippen LogP contribution in [-0.4, -0.2) is 35.8 Å². The van der Waals surface area contributed by atoms with Gasteiger partial charge < -0.3 is 9.64 Å². The molecule has 120 valence electrons. The van der Waals surface area contributed by atoms with Crippen LogP contribution >= 0.6 is 0 Å². The van der Waals surface area contributed by atoms with Gasteiger partial charge >= 0.3 is 0 Å². The summed E-state index contributed by atoms with van der Waals surface area (Å²) in [6.07, 6.45) is 3.91. The van der Waals surface area contributed by atoms with E-state index in [-0.39, 0.29) is 18.1 Å². The Labute approximate surface area is 132 Å². The van der Waals surface area contributed by atoms with Crippen molar-refractivity contribution < 1.29 is 14.3 Å². The first kappa shape index (κ1) is 16.5. The maximum atomic E-state index is 12.2. The normalized spacial score (nSPS) is 18.1. The molecule has 1 atom stereocenters. The van der Waals surface area contributed by atoms with Gasteiger partial charge in [0, 0.05) is 31.0 Å². The molecular weight excluding hydrogens is 278 g/mol. The number of hydrogen-bond donors (Lipinski definition) is 0. The van der Waals surface area contributed by atoms with Crippen LogP contribution in [0.25, 0.3) is 0 Å². The van der Waals surface area contributed by atoms with Gasteiger partial charge in [-0.15, -0.1) is 0 Å². The Morgan fingerprint density at radius 1 is 1.18 bits per heavy atom. The highest BCUT2D eigenvalue weighted by Crippen LogP contribution is 2.19. The van der Waals surface area contributed by atoms with Crippen LogP contribution in [0.2, 0.25) is 0 Å². The van der Waals surface area contributed by atoms with Crippen molar-refractivity contribution in [2.75, 3.05) is 13.2 Å². The van der Waals surface area contributed by atoms with E-state index in [1.165, 1.54) is 6.42 Å². The molecule has 1 aromatic rings. The van der Waals surface area contributed by atoms with Crippen molar-refractivity contribution >= 4 is 11.7 Å². The predicted molar refractivity (Wildman–Crippen MR) is 86.2 cm³/mol. The maximum absolute atomic E-state index is 12.2. The number of piperidine rings is 1. The van der Waals surface area contributed by atoms with Crippen molar-refractivity contribution in [1.82, 2.24) is 4.90 Å². The quantitative estimate of drug-likeness (QED) is 0.756. The molecule has 1 aromatic carbocycles. The van der Waals surface area contributed by atoms with Crippen molar-refractivity contribution in [1.29, 1.82) is 0 Å². The van der Waals surface area contributed by atoms with E-state index in [1.54, 1.807) is 24.3 Å². The molecule has 1 unspecified atom stereocenters. The third kappa shape index (κ3) is 4.33. The van der Waals surface area contributed by atoms with Crippen LogP contribution in [0.3, 0.4) is 0 Å². The fourth-order valence-electron chi connectivity index (χ4n) is 2.88. The molecule has 4 nitrogen and oxygen atoms in total. The Morgan fingerprint density at radius 3 is 2.55 bits per heavy atom. The summed E-state index contributed by atoms with van der Waals surface area (Å²) in [7, 11) is 0. The number of ketones is 1. The van der Waals surface area contributed by atoms with Gasteiger partial charge in [-0.05, 0) is 57.4 Å². The fraction of sp³-hybridized carbons (Fsp3) is 0.556. The van der Waals surface area contributed by atoms with Crippen molar-refractivity contribution in [2.24, 2.45) is 0 Å². The molecule has 1 saturated heterocycles. The Balaban J connectivity index is 1.85. The number of amides is 1. The smallest absolute Gasteiger partial charge is 0.223 e. The number of nitrogens with zero attached hydrogens (tertiary/aromatic N) is 1. The van der Waals surface area contributed by atoms with E-state index in [2.05, 4.69) is 6.92 Å². The van der Waals surface area contributed by atoms with E-state index in [0.29, 0.717) is 24.6 Å². The Kier molecular flexibility index (Phi) is 5.99. The van der Waals surface area contributed by atoms with Gasteiger partial charge in [0.05, 0.1) is 6.61 Å². The molecule has 0 aliphatic carbocycles. The summed E-state index contributed by atoms with van der Waals surface area (Å²) in [5.74, 6) is 0.879. The van der Waals surface area contributed by atoms with Crippen LogP contribution in [0, 0.1) is 0 Å². The molecule has 2 rings (SSSR count). The number of likely N-dealkylation sites (tertiary alicyclic amines) is 1. The van der Waals surface area contributed by atoms with Crippen LogP contribution in [0.5, 0.6) is 5.75 Å². The fourth-order valence-corrected chi connectivity index (χ4v) is 2.88. The lowest BCUT2D eigenvalue weighted by molar-refractivity contribution is -0.134. The second-order valence-corrected chi connectivity index (χ2v) is 5.81. The number of benzene rings is 1. The SMILES string of the molecule is CCOc1ccc(C(=O)CCC(=O)N2CCCCC2C)cc1. The molecule has 1 amide bonds. The minimum absolute atomic E-state index is 0.0149. The molecule has 1 fully saturated rings. The Bertz CT molecular complexity index is 510. The van der Waals surface area contributed by atoms with Crippen molar-refractivity contribution in [2.45, 2.75) is 52.0 Å². The Morgan fingerprint density at radius 2 is 1.91 bits per heavy atom. The standard InChI is InChI=1S/C18H25NO3/c1-3-22-16-9-7-15(8-10-16)17(20)11-12-18(21)19-13-5-4-6-14(19)2/h7-10,14H,3-6,11-13H2,1-2H3. The number of rotatable bonds is 6. The van der Waals surface area contributed by atoms with Crippen LogP contribution in [-0.2, 0) is 4.79 Å². The highest BCUT2D eigenvalue weighted by molar-refractivity contribution is 5.98. The molecule has 0 saturated carbocycles. The molecule has 22 heavy (non-hydrogen) atoms. The van der Waals surface area contributed by atoms with E-state index < -0.39 is 0 Å². The van der Waals surface area contributed by atoms with E-state index in [9.17, 15) is 9.59 Å². The number of hydrogen-bond acceptors (Lipinski definition) is 3. The zero-order valence-electron chi connectivity index (χ0n) is 13.5. The highest BCUT2D eigenvalue weighted by atomic mass is 16.5. The zero-order valence-corrected chi connectivity index (χ0v) is 13.5. The number of carbonyl (C=O) groups is 2. The summed E-state index contributed by atoms with van der Waals surface area (Å²) in [5.41, 5.74) is 0.642. The van der Waals surface area contributed by atoms with Gasteiger partial charge in [-0.3, -0.25) is 9.59 Å². The molecule has 1 aliphatic rings. The minimum Gasteiger partial charge on any atom is -0.494 e. The van der Waals surface area contributed by atoms with E-state index >= 15 is 0 Å². The van der Waals surface area contributed by atoms with Crippen LogP contribution in [0.4, 0.5) is 0 Å². The third-order valence-electron chi connectivity index (χ3n) is 4.18. The minimum atomic E-state index is 0.0149. The molecule has 1 aliphatic heterocycles. The topological polar surface area (TPSA) is 46.6 Å². The lowest BCUT2D eigenvalue weighted by atomic mass is 10.0. The molecular formula is C18H25NO3. The second-order valence-electron chi connectivity index (χ2n) is 5.81. The Hall–Kier alpha value is -1.84. The molecule has 4 heteroatoms. The van der Waals surface area contributed by atoms with E-state index in [0.717, 1.165) is 25.1 Å². The van der Waals surface area contributed by atoms with Crippen LogP contribution in [0.1, 0.15) is 56.3 Å². The van der Waals surface area contributed by atoms with Gasteiger partial charge in [-0.25, -0.2) is 0 Å². The van der Waals surface area contributed by atoms with Crippen LogP contribution in [0.15, 0.2) is 24.3 Å². The summed E-state index contributed by atoms with van der Waals surface area (Å²) in [6.45, 7) is 5.45.